The molecule has 0 saturated carbocycles. The van der Waals surface area contributed by atoms with Gasteiger partial charge in [-0.3, -0.25) is 0 Å². The Hall–Kier alpha value is -1.18. The van der Waals surface area contributed by atoms with Crippen LogP contribution in [0, 0.1) is 6.92 Å². The van der Waals surface area contributed by atoms with Crippen molar-refractivity contribution in [2.24, 2.45) is 0 Å². The molecular weight excluding hydrogens is 303 g/mol. The predicted octanol–water partition coefficient (Wildman–Crippen LogP) is 4.96. The van der Waals surface area contributed by atoms with Crippen LogP contribution >= 0.6 is 23.2 Å². The lowest BCUT2D eigenvalue weighted by Crippen LogP contribution is -2.34. The molecule has 112 valence electrons. The second-order valence-electron chi connectivity index (χ2n) is 5.35. The molecule has 2 rings (SSSR count). The Morgan fingerprint density at radius 1 is 0.952 bits per heavy atom. The zero-order chi connectivity index (χ0) is 15.3. The molecular formula is C18H20Cl2O. The van der Waals surface area contributed by atoms with E-state index in [0.29, 0.717) is 11.8 Å². The lowest BCUT2D eigenvalue weighted by atomic mass is 9.76. The van der Waals surface area contributed by atoms with Crippen LogP contribution in [-0.4, -0.2) is 18.9 Å². The van der Waals surface area contributed by atoms with Gasteiger partial charge in [0.2, 0.25) is 0 Å². The fourth-order valence-electron chi connectivity index (χ4n) is 2.75. The summed E-state index contributed by atoms with van der Waals surface area (Å²) in [6.45, 7) is 2.10. The molecule has 0 fully saturated rings. The van der Waals surface area contributed by atoms with Crippen molar-refractivity contribution < 1.29 is 4.74 Å². The molecule has 1 nitrogen and oxygen atoms in total. The molecule has 0 aliphatic heterocycles. The normalized spacial score (nSPS) is 11.4. The average Bonchev–Trinajstić information content (AvgIpc) is 2.54. The molecule has 0 heterocycles. The van der Waals surface area contributed by atoms with Crippen LogP contribution in [-0.2, 0) is 11.8 Å². The highest BCUT2D eigenvalue weighted by Crippen LogP contribution is 2.36. The Balaban J connectivity index is 2.46. The number of ether oxygens (including phenoxy) is 1. The third-order valence-electron chi connectivity index (χ3n) is 3.95. The second-order valence-corrected chi connectivity index (χ2v) is 5.89. The molecule has 2 aromatic rings. The molecule has 0 amide bonds. The van der Waals surface area contributed by atoms with Gasteiger partial charge < -0.3 is 4.74 Å². The highest BCUT2D eigenvalue weighted by atomic mass is 35.5. The number of rotatable bonds is 6. The van der Waals surface area contributed by atoms with E-state index in [1.165, 1.54) is 11.1 Å². The lowest BCUT2D eigenvalue weighted by molar-refractivity contribution is 0.403. The van der Waals surface area contributed by atoms with Gasteiger partial charge in [0.05, 0.1) is 7.11 Å². The third-order valence-corrected chi connectivity index (χ3v) is 4.97. The quantitative estimate of drug-likeness (QED) is 0.683. The molecule has 21 heavy (non-hydrogen) atoms. The van der Waals surface area contributed by atoms with Crippen molar-refractivity contribution in [1.29, 1.82) is 0 Å². The molecule has 0 aliphatic carbocycles. The Morgan fingerprint density at radius 3 is 2.19 bits per heavy atom. The molecule has 0 atom stereocenters. The Morgan fingerprint density at radius 2 is 1.57 bits per heavy atom. The first kappa shape index (κ1) is 16.2. The van der Waals surface area contributed by atoms with Gasteiger partial charge in [-0.05, 0) is 36.1 Å². The number of aryl methyl sites for hydroxylation is 1. The van der Waals surface area contributed by atoms with Crippen molar-refractivity contribution in [2.45, 2.75) is 18.8 Å². The smallest absolute Gasteiger partial charge is 0.122 e. The highest BCUT2D eigenvalue weighted by Gasteiger charge is 2.33. The number of alkyl halides is 2. The van der Waals surface area contributed by atoms with Crippen LogP contribution in [0.25, 0.3) is 0 Å². The van der Waals surface area contributed by atoms with E-state index < -0.39 is 0 Å². The first-order valence-corrected chi connectivity index (χ1v) is 8.03. The van der Waals surface area contributed by atoms with Crippen LogP contribution in [0.15, 0.2) is 48.5 Å². The van der Waals surface area contributed by atoms with Gasteiger partial charge in [0, 0.05) is 17.2 Å². The van der Waals surface area contributed by atoms with E-state index in [0.717, 1.165) is 17.7 Å². The minimum atomic E-state index is -0.289. The minimum Gasteiger partial charge on any atom is -0.496 e. The Kier molecular flexibility index (Phi) is 5.55. The van der Waals surface area contributed by atoms with E-state index in [-0.39, 0.29) is 5.41 Å². The largest absolute Gasteiger partial charge is 0.496 e. The monoisotopic (exact) mass is 322 g/mol. The van der Waals surface area contributed by atoms with E-state index in [4.69, 9.17) is 27.9 Å². The van der Waals surface area contributed by atoms with Crippen molar-refractivity contribution in [3.63, 3.8) is 0 Å². The highest BCUT2D eigenvalue weighted by molar-refractivity contribution is 6.22. The summed E-state index contributed by atoms with van der Waals surface area (Å²) < 4.78 is 5.46. The number of hydrogen-bond acceptors (Lipinski definition) is 1. The Bertz CT molecular complexity index is 591. The van der Waals surface area contributed by atoms with Crippen molar-refractivity contribution >= 4 is 23.2 Å². The summed E-state index contributed by atoms with van der Waals surface area (Å²) in [5, 5.41) is 0. The van der Waals surface area contributed by atoms with E-state index in [1.807, 2.05) is 30.3 Å². The van der Waals surface area contributed by atoms with Crippen molar-refractivity contribution in [2.75, 3.05) is 18.9 Å². The number of para-hydroxylation sites is 1. The van der Waals surface area contributed by atoms with Gasteiger partial charge in [-0.15, -0.1) is 23.2 Å². The predicted molar refractivity (Wildman–Crippen MR) is 91.0 cm³/mol. The van der Waals surface area contributed by atoms with Gasteiger partial charge in [0.15, 0.2) is 0 Å². The number of methoxy groups -OCH3 is 1. The van der Waals surface area contributed by atoms with E-state index >= 15 is 0 Å². The fraction of sp³-hybridized carbons (Fsp3) is 0.333. The topological polar surface area (TPSA) is 9.23 Å². The summed E-state index contributed by atoms with van der Waals surface area (Å²) in [4.78, 5) is 0. The maximum atomic E-state index is 6.35. The van der Waals surface area contributed by atoms with Crippen molar-refractivity contribution in [3.8, 4) is 5.75 Å². The number of halogens is 2. The Labute approximate surface area is 136 Å². The summed E-state index contributed by atoms with van der Waals surface area (Å²) >= 11 is 12.7. The molecule has 0 radical (unpaired) electrons. The van der Waals surface area contributed by atoms with Crippen LogP contribution in [0.2, 0.25) is 0 Å². The van der Waals surface area contributed by atoms with Crippen molar-refractivity contribution in [3.05, 3.63) is 65.2 Å². The molecule has 3 heteroatoms. The van der Waals surface area contributed by atoms with Gasteiger partial charge >= 0.3 is 0 Å². The average molecular weight is 323 g/mol. The first-order valence-electron chi connectivity index (χ1n) is 6.97. The van der Waals surface area contributed by atoms with Crippen LogP contribution in [0.5, 0.6) is 5.75 Å². The van der Waals surface area contributed by atoms with Crippen molar-refractivity contribution in [1.82, 2.24) is 0 Å². The van der Waals surface area contributed by atoms with Gasteiger partial charge in [-0.2, -0.15) is 0 Å². The molecule has 2 aromatic carbocycles. The van der Waals surface area contributed by atoms with E-state index in [9.17, 15) is 0 Å². The fourth-order valence-corrected chi connectivity index (χ4v) is 3.51. The van der Waals surface area contributed by atoms with Crippen LogP contribution < -0.4 is 4.74 Å². The molecule has 0 N–H and O–H groups in total. The van der Waals surface area contributed by atoms with Gasteiger partial charge in [-0.25, -0.2) is 0 Å². The van der Waals surface area contributed by atoms with E-state index in [2.05, 4.69) is 25.1 Å². The van der Waals surface area contributed by atoms with Crippen LogP contribution in [0.1, 0.15) is 16.7 Å². The van der Waals surface area contributed by atoms with Gasteiger partial charge in [0.25, 0.3) is 0 Å². The molecule has 0 aromatic heterocycles. The van der Waals surface area contributed by atoms with Crippen LogP contribution in [0.4, 0.5) is 0 Å². The third kappa shape index (κ3) is 3.36. The van der Waals surface area contributed by atoms with Gasteiger partial charge in [0.1, 0.15) is 5.75 Å². The van der Waals surface area contributed by atoms with Gasteiger partial charge in [-0.1, -0.05) is 42.5 Å². The molecule has 0 spiro atoms. The number of benzene rings is 2. The van der Waals surface area contributed by atoms with Crippen LogP contribution in [0.3, 0.4) is 0 Å². The maximum Gasteiger partial charge on any atom is 0.122 e. The summed E-state index contributed by atoms with van der Waals surface area (Å²) in [5.74, 6) is 1.82. The van der Waals surface area contributed by atoms with E-state index in [1.54, 1.807) is 7.11 Å². The summed E-state index contributed by atoms with van der Waals surface area (Å²) in [6.07, 6.45) is 0.759. The first-order chi connectivity index (χ1) is 10.2. The number of hydrogen-bond donors (Lipinski definition) is 0. The zero-order valence-corrected chi connectivity index (χ0v) is 13.9. The maximum absolute atomic E-state index is 6.35. The molecule has 0 unspecified atom stereocenters. The molecule has 0 bridgehead atoms. The summed E-state index contributed by atoms with van der Waals surface area (Å²) in [5.41, 5.74) is 3.27. The SMILES string of the molecule is COc1ccccc1CC(CCl)(CCl)c1ccccc1C. The lowest BCUT2D eigenvalue weighted by Gasteiger charge is -2.32. The zero-order valence-electron chi connectivity index (χ0n) is 12.4. The standard InChI is InChI=1S/C18H20Cl2O/c1-14-7-3-5-9-16(14)18(12-19,13-20)11-15-8-4-6-10-17(15)21-2/h3-10H,11-13H2,1-2H3. The molecule has 0 aliphatic rings. The second kappa shape index (κ2) is 7.20. The summed E-state index contributed by atoms with van der Waals surface area (Å²) in [6, 6.07) is 16.3. The summed E-state index contributed by atoms with van der Waals surface area (Å²) in [7, 11) is 1.69. The minimum absolute atomic E-state index is 0.289. The molecule has 0 saturated heterocycles.